The smallest absolute Gasteiger partial charge is 0.251 e. The summed E-state index contributed by atoms with van der Waals surface area (Å²) in [6, 6.07) is 11.7. The summed E-state index contributed by atoms with van der Waals surface area (Å²) in [5, 5.41) is 9.44. The van der Waals surface area contributed by atoms with E-state index < -0.39 is 0 Å². The van der Waals surface area contributed by atoms with Gasteiger partial charge in [0.05, 0.1) is 5.92 Å². The zero-order valence-corrected chi connectivity index (χ0v) is 19.0. The number of hydrogen-bond donors (Lipinski definition) is 3. The molecule has 0 saturated carbocycles. The fraction of sp³-hybridized carbons (Fsp3) is 0.417. The van der Waals surface area contributed by atoms with Gasteiger partial charge in [0.2, 0.25) is 5.91 Å². The summed E-state index contributed by atoms with van der Waals surface area (Å²) in [6.45, 7) is 10.0. The van der Waals surface area contributed by atoms with Gasteiger partial charge >= 0.3 is 0 Å². The number of carbonyl (C=O) groups is 2. The van der Waals surface area contributed by atoms with Gasteiger partial charge in [0.1, 0.15) is 0 Å². The van der Waals surface area contributed by atoms with E-state index in [-0.39, 0.29) is 36.2 Å². The van der Waals surface area contributed by atoms with Crippen molar-refractivity contribution < 1.29 is 9.59 Å². The lowest BCUT2D eigenvalue weighted by molar-refractivity contribution is -0.126. The average Bonchev–Trinajstić information content (AvgIpc) is 2.71. The van der Waals surface area contributed by atoms with Gasteiger partial charge < -0.3 is 16.0 Å². The van der Waals surface area contributed by atoms with Gasteiger partial charge in [0.25, 0.3) is 5.91 Å². The molecule has 1 heterocycles. The Morgan fingerprint density at radius 1 is 1.03 bits per heavy atom. The van der Waals surface area contributed by atoms with Gasteiger partial charge in [-0.15, -0.1) is 12.4 Å². The van der Waals surface area contributed by atoms with E-state index in [2.05, 4.69) is 35.9 Å². The first-order chi connectivity index (χ1) is 13.9. The van der Waals surface area contributed by atoms with Crippen LogP contribution in [0.15, 0.2) is 36.4 Å². The molecule has 2 atom stereocenters. The van der Waals surface area contributed by atoms with Crippen molar-refractivity contribution >= 4 is 24.2 Å². The highest BCUT2D eigenvalue weighted by Crippen LogP contribution is 2.16. The SMILES string of the molecule is Cc1ccc(C(=O)NC2CCNCC2C(=O)NCc2cccc(C)c2C)cc1C.Cl. The number of amides is 2. The van der Waals surface area contributed by atoms with Crippen LogP contribution in [0.4, 0.5) is 0 Å². The highest BCUT2D eigenvalue weighted by Gasteiger charge is 2.32. The van der Waals surface area contributed by atoms with Gasteiger partial charge in [-0.2, -0.15) is 0 Å². The Morgan fingerprint density at radius 3 is 2.53 bits per heavy atom. The molecule has 2 aromatic carbocycles. The summed E-state index contributed by atoms with van der Waals surface area (Å²) in [5.41, 5.74) is 6.43. The molecular weight excluding hydrogens is 398 g/mol. The zero-order chi connectivity index (χ0) is 21.0. The van der Waals surface area contributed by atoms with Gasteiger partial charge in [0.15, 0.2) is 0 Å². The van der Waals surface area contributed by atoms with E-state index in [4.69, 9.17) is 0 Å². The molecule has 0 bridgehead atoms. The monoisotopic (exact) mass is 429 g/mol. The van der Waals surface area contributed by atoms with E-state index in [0.29, 0.717) is 18.7 Å². The maximum atomic E-state index is 12.9. The van der Waals surface area contributed by atoms with Crippen molar-refractivity contribution in [2.45, 2.75) is 46.7 Å². The quantitative estimate of drug-likeness (QED) is 0.682. The summed E-state index contributed by atoms with van der Waals surface area (Å²) < 4.78 is 0. The van der Waals surface area contributed by atoms with Crippen LogP contribution in [0.3, 0.4) is 0 Å². The molecule has 2 unspecified atom stereocenters. The topological polar surface area (TPSA) is 70.2 Å². The molecule has 2 amide bonds. The highest BCUT2D eigenvalue weighted by molar-refractivity contribution is 5.95. The molecule has 0 aromatic heterocycles. The van der Waals surface area contributed by atoms with Crippen LogP contribution in [-0.2, 0) is 11.3 Å². The standard InChI is InChI=1S/C24H31N3O2.ClH/c1-15-8-9-19(12-17(15)3)23(28)27-22-10-11-25-14-21(22)24(29)26-13-20-7-5-6-16(2)18(20)4;/h5-9,12,21-22,25H,10-11,13-14H2,1-4H3,(H,26,29)(H,27,28);1H. The average molecular weight is 430 g/mol. The fourth-order valence-corrected chi connectivity index (χ4v) is 3.76. The van der Waals surface area contributed by atoms with Crippen LogP contribution in [0, 0.1) is 33.6 Å². The summed E-state index contributed by atoms with van der Waals surface area (Å²) >= 11 is 0. The van der Waals surface area contributed by atoms with Crippen LogP contribution in [0.2, 0.25) is 0 Å². The Hall–Kier alpha value is -2.37. The molecule has 1 saturated heterocycles. The first-order valence-electron chi connectivity index (χ1n) is 10.3. The van der Waals surface area contributed by atoms with Crippen molar-refractivity contribution in [2.75, 3.05) is 13.1 Å². The summed E-state index contributed by atoms with van der Waals surface area (Å²) in [5.74, 6) is -0.430. The van der Waals surface area contributed by atoms with Gasteiger partial charge in [-0.1, -0.05) is 24.3 Å². The molecule has 2 aromatic rings. The molecule has 0 aliphatic carbocycles. The Kier molecular flexibility index (Phi) is 8.44. The molecule has 0 radical (unpaired) electrons. The number of benzene rings is 2. The molecule has 30 heavy (non-hydrogen) atoms. The minimum Gasteiger partial charge on any atom is -0.352 e. The number of nitrogens with one attached hydrogen (secondary N) is 3. The van der Waals surface area contributed by atoms with Crippen molar-refractivity contribution in [3.63, 3.8) is 0 Å². The van der Waals surface area contributed by atoms with Crippen molar-refractivity contribution in [3.05, 3.63) is 69.8 Å². The van der Waals surface area contributed by atoms with E-state index in [1.807, 2.05) is 44.2 Å². The number of halogens is 1. The summed E-state index contributed by atoms with van der Waals surface area (Å²) in [7, 11) is 0. The Bertz CT molecular complexity index is 913. The highest BCUT2D eigenvalue weighted by atomic mass is 35.5. The molecule has 1 aliphatic heterocycles. The van der Waals surface area contributed by atoms with Gasteiger partial charge in [-0.3, -0.25) is 9.59 Å². The molecule has 5 nitrogen and oxygen atoms in total. The summed E-state index contributed by atoms with van der Waals surface area (Å²) in [4.78, 5) is 25.6. The van der Waals surface area contributed by atoms with Gasteiger partial charge in [-0.25, -0.2) is 0 Å². The molecule has 162 valence electrons. The van der Waals surface area contributed by atoms with E-state index >= 15 is 0 Å². The van der Waals surface area contributed by atoms with Crippen LogP contribution in [-0.4, -0.2) is 30.9 Å². The predicted molar refractivity (Wildman–Crippen MR) is 123 cm³/mol. The second-order valence-corrected chi connectivity index (χ2v) is 8.06. The normalized spacial score (nSPS) is 18.3. The Labute approximate surface area is 185 Å². The van der Waals surface area contributed by atoms with E-state index in [1.165, 1.54) is 11.1 Å². The molecule has 1 fully saturated rings. The third-order valence-electron chi connectivity index (χ3n) is 6.07. The minimum absolute atomic E-state index is 0. The second-order valence-electron chi connectivity index (χ2n) is 8.06. The molecule has 3 rings (SSSR count). The van der Waals surface area contributed by atoms with Crippen LogP contribution >= 0.6 is 12.4 Å². The van der Waals surface area contributed by atoms with E-state index in [1.54, 1.807) is 0 Å². The predicted octanol–water partition coefficient (Wildman–Crippen LogP) is 3.37. The van der Waals surface area contributed by atoms with Crippen LogP contribution < -0.4 is 16.0 Å². The number of hydrogen-bond acceptors (Lipinski definition) is 3. The fourth-order valence-electron chi connectivity index (χ4n) is 3.76. The van der Waals surface area contributed by atoms with Crippen molar-refractivity contribution in [1.29, 1.82) is 0 Å². The van der Waals surface area contributed by atoms with Gasteiger partial charge in [-0.05, 0) is 80.6 Å². The first-order valence-corrected chi connectivity index (χ1v) is 10.3. The summed E-state index contributed by atoms with van der Waals surface area (Å²) in [6.07, 6.45) is 0.734. The maximum absolute atomic E-state index is 12.9. The van der Waals surface area contributed by atoms with Crippen molar-refractivity contribution in [3.8, 4) is 0 Å². The minimum atomic E-state index is -0.288. The van der Waals surface area contributed by atoms with Gasteiger partial charge in [0, 0.05) is 24.7 Å². The maximum Gasteiger partial charge on any atom is 0.251 e. The first kappa shape index (κ1) is 23.9. The van der Waals surface area contributed by atoms with Crippen LogP contribution in [0.5, 0.6) is 0 Å². The lowest BCUT2D eigenvalue weighted by Gasteiger charge is -2.32. The van der Waals surface area contributed by atoms with Crippen molar-refractivity contribution in [1.82, 2.24) is 16.0 Å². The number of rotatable bonds is 5. The Morgan fingerprint density at radius 2 is 1.80 bits per heavy atom. The Balaban J connectivity index is 0.00000320. The second kappa shape index (κ2) is 10.6. The van der Waals surface area contributed by atoms with E-state index in [9.17, 15) is 9.59 Å². The molecule has 3 N–H and O–H groups in total. The van der Waals surface area contributed by atoms with E-state index in [0.717, 1.165) is 29.7 Å². The van der Waals surface area contributed by atoms with Crippen molar-refractivity contribution in [2.24, 2.45) is 5.92 Å². The number of piperidine rings is 1. The third-order valence-corrected chi connectivity index (χ3v) is 6.07. The molecule has 1 aliphatic rings. The third kappa shape index (κ3) is 5.61. The molecular formula is C24H32ClN3O2. The van der Waals surface area contributed by atoms with Crippen LogP contribution in [0.25, 0.3) is 0 Å². The number of carbonyl (C=O) groups excluding carboxylic acids is 2. The largest absolute Gasteiger partial charge is 0.352 e. The lowest BCUT2D eigenvalue weighted by Crippen LogP contribution is -2.54. The molecule has 6 heteroatoms. The lowest BCUT2D eigenvalue weighted by atomic mass is 9.91. The van der Waals surface area contributed by atoms with Crippen LogP contribution in [0.1, 0.15) is 44.6 Å². The number of aryl methyl sites for hydroxylation is 3. The zero-order valence-electron chi connectivity index (χ0n) is 18.2. The molecule has 0 spiro atoms.